The molecule has 1 fully saturated rings. The van der Waals surface area contributed by atoms with E-state index in [1.807, 2.05) is 6.92 Å². The zero-order valence-corrected chi connectivity index (χ0v) is 18.8. The Morgan fingerprint density at radius 3 is 2.66 bits per heavy atom. The van der Waals surface area contributed by atoms with Crippen molar-refractivity contribution in [2.75, 3.05) is 26.9 Å². The molecule has 0 bridgehead atoms. The van der Waals surface area contributed by atoms with Crippen LogP contribution < -0.4 is 4.74 Å². The van der Waals surface area contributed by atoms with Gasteiger partial charge >= 0.3 is 0 Å². The lowest BCUT2D eigenvalue weighted by Crippen LogP contribution is -2.31. The number of rotatable bonds is 10. The minimum Gasteiger partial charge on any atom is -0.507 e. The van der Waals surface area contributed by atoms with Gasteiger partial charge in [-0.3, -0.25) is 14.6 Å². The highest BCUT2D eigenvalue weighted by Gasteiger charge is 2.45. The van der Waals surface area contributed by atoms with Crippen LogP contribution in [0.2, 0.25) is 0 Å². The van der Waals surface area contributed by atoms with Crippen molar-refractivity contribution in [1.29, 1.82) is 0 Å². The summed E-state index contributed by atoms with van der Waals surface area (Å²) in [5.74, 6) is -0.795. The van der Waals surface area contributed by atoms with Crippen molar-refractivity contribution in [2.45, 2.75) is 39.2 Å². The molecular weight excluding hydrogens is 408 g/mol. The fourth-order valence-corrected chi connectivity index (χ4v) is 3.81. The Labute approximate surface area is 188 Å². The molecule has 0 aliphatic carbocycles. The number of carbonyl (C=O) groups is 2. The second-order valence-electron chi connectivity index (χ2n) is 7.81. The highest BCUT2D eigenvalue weighted by molar-refractivity contribution is 6.46. The maximum atomic E-state index is 13.0. The maximum absolute atomic E-state index is 13.0. The molecule has 0 spiro atoms. The van der Waals surface area contributed by atoms with Crippen LogP contribution in [-0.4, -0.2) is 53.5 Å². The van der Waals surface area contributed by atoms with Crippen LogP contribution in [0.3, 0.4) is 0 Å². The number of aryl methyl sites for hydroxylation is 1. The Kier molecular flexibility index (Phi) is 8.00. The van der Waals surface area contributed by atoms with Crippen molar-refractivity contribution < 1.29 is 24.2 Å². The Morgan fingerprint density at radius 2 is 2.00 bits per heavy atom. The van der Waals surface area contributed by atoms with Crippen molar-refractivity contribution in [2.24, 2.45) is 0 Å². The van der Waals surface area contributed by atoms with Gasteiger partial charge < -0.3 is 19.5 Å². The van der Waals surface area contributed by atoms with Crippen LogP contribution in [-0.2, 0) is 14.3 Å². The van der Waals surface area contributed by atoms with Gasteiger partial charge in [-0.2, -0.15) is 0 Å². The highest BCUT2D eigenvalue weighted by Crippen LogP contribution is 2.39. The topological polar surface area (TPSA) is 89.0 Å². The van der Waals surface area contributed by atoms with Crippen LogP contribution in [0.1, 0.15) is 48.9 Å². The van der Waals surface area contributed by atoms with Gasteiger partial charge in [0.15, 0.2) is 0 Å². The lowest BCUT2D eigenvalue weighted by Gasteiger charge is -2.25. The van der Waals surface area contributed by atoms with Crippen LogP contribution in [0.15, 0.2) is 48.3 Å². The Morgan fingerprint density at radius 1 is 1.19 bits per heavy atom. The molecule has 1 N–H and O–H groups in total. The van der Waals surface area contributed by atoms with E-state index in [0.717, 1.165) is 24.2 Å². The summed E-state index contributed by atoms with van der Waals surface area (Å²) in [6.45, 7) is 5.40. The largest absolute Gasteiger partial charge is 0.507 e. The zero-order valence-electron chi connectivity index (χ0n) is 18.8. The number of likely N-dealkylation sites (tertiary alicyclic amines) is 1. The van der Waals surface area contributed by atoms with E-state index >= 15 is 0 Å². The third-order valence-corrected chi connectivity index (χ3v) is 5.49. The molecule has 1 atom stereocenters. The van der Waals surface area contributed by atoms with E-state index in [4.69, 9.17) is 9.47 Å². The summed E-state index contributed by atoms with van der Waals surface area (Å²) >= 11 is 0. The summed E-state index contributed by atoms with van der Waals surface area (Å²) < 4.78 is 10.9. The SMILES string of the molecule is CCCCOc1ccc(/C(O)=C2\C(=O)C(=O)N(CCCOC)[C@H]2c2cccnc2)cc1C. The second kappa shape index (κ2) is 10.9. The number of hydrogen-bond donors (Lipinski definition) is 1. The lowest BCUT2D eigenvalue weighted by atomic mass is 9.95. The number of nitrogens with zero attached hydrogens (tertiary/aromatic N) is 2. The number of unbranched alkanes of at least 4 members (excludes halogenated alkanes) is 1. The molecule has 1 amide bonds. The fourth-order valence-electron chi connectivity index (χ4n) is 3.81. The molecule has 0 saturated carbocycles. The Bertz CT molecular complexity index is 987. The summed E-state index contributed by atoms with van der Waals surface area (Å²) in [5, 5.41) is 11.2. The van der Waals surface area contributed by atoms with Gasteiger partial charge in [-0.1, -0.05) is 19.4 Å². The molecule has 1 aliphatic heterocycles. The second-order valence-corrected chi connectivity index (χ2v) is 7.81. The average molecular weight is 439 g/mol. The van der Waals surface area contributed by atoms with Gasteiger partial charge in [0, 0.05) is 38.2 Å². The number of pyridine rings is 1. The van der Waals surface area contributed by atoms with Gasteiger partial charge in [0.25, 0.3) is 11.7 Å². The number of aliphatic hydroxyl groups excluding tert-OH is 1. The predicted molar refractivity (Wildman–Crippen MR) is 121 cm³/mol. The van der Waals surface area contributed by atoms with Crippen LogP contribution in [0.5, 0.6) is 5.75 Å². The predicted octanol–water partition coefficient (Wildman–Crippen LogP) is 4.03. The first-order valence-corrected chi connectivity index (χ1v) is 10.9. The third-order valence-electron chi connectivity index (χ3n) is 5.49. The monoisotopic (exact) mass is 438 g/mol. The van der Waals surface area contributed by atoms with E-state index in [0.29, 0.717) is 37.3 Å². The first-order valence-electron chi connectivity index (χ1n) is 10.9. The maximum Gasteiger partial charge on any atom is 0.295 e. The van der Waals surface area contributed by atoms with Gasteiger partial charge in [-0.05, 0) is 55.2 Å². The number of carbonyl (C=O) groups excluding carboxylic acids is 2. The number of ketones is 1. The summed E-state index contributed by atoms with van der Waals surface area (Å²) in [6.07, 6.45) is 5.81. The molecule has 7 nitrogen and oxygen atoms in total. The average Bonchev–Trinajstić information content (AvgIpc) is 3.05. The number of amides is 1. The number of aliphatic hydroxyl groups is 1. The molecule has 32 heavy (non-hydrogen) atoms. The number of Topliss-reactive ketones (excluding diaryl/α,β-unsaturated/α-hetero) is 1. The van der Waals surface area contributed by atoms with Crippen molar-refractivity contribution in [1.82, 2.24) is 9.88 Å². The van der Waals surface area contributed by atoms with Crippen LogP contribution in [0.4, 0.5) is 0 Å². The van der Waals surface area contributed by atoms with Crippen molar-refractivity contribution in [3.05, 3.63) is 65.0 Å². The smallest absolute Gasteiger partial charge is 0.295 e. The molecular formula is C25H30N2O5. The van der Waals surface area contributed by atoms with Gasteiger partial charge in [-0.15, -0.1) is 0 Å². The lowest BCUT2D eigenvalue weighted by molar-refractivity contribution is -0.140. The number of aromatic nitrogens is 1. The van der Waals surface area contributed by atoms with Crippen molar-refractivity contribution in [3.8, 4) is 5.75 Å². The fraction of sp³-hybridized carbons (Fsp3) is 0.400. The molecule has 170 valence electrons. The van der Waals surface area contributed by atoms with E-state index in [1.165, 1.54) is 4.90 Å². The standard InChI is InChI=1S/C25H30N2O5/c1-4-5-14-32-20-10-9-18(15-17(20)2)23(28)21-22(19-8-6-11-26-16-19)27(12-7-13-31-3)25(30)24(21)29/h6,8-11,15-16,22,28H,4-5,7,12-14H2,1-3H3/b23-21+/t22-/m0/s1. The number of hydrogen-bond acceptors (Lipinski definition) is 6. The number of methoxy groups -OCH3 is 1. The normalized spacial score (nSPS) is 17.7. The number of benzene rings is 1. The summed E-state index contributed by atoms with van der Waals surface area (Å²) in [7, 11) is 1.59. The molecule has 0 radical (unpaired) electrons. The molecule has 0 unspecified atom stereocenters. The quantitative estimate of drug-likeness (QED) is 0.261. The van der Waals surface area contributed by atoms with E-state index in [1.54, 1.807) is 49.8 Å². The van der Waals surface area contributed by atoms with Crippen LogP contribution >= 0.6 is 0 Å². The van der Waals surface area contributed by atoms with Gasteiger partial charge in [0.2, 0.25) is 0 Å². The van der Waals surface area contributed by atoms with E-state index in [-0.39, 0.29) is 11.3 Å². The Hall–Kier alpha value is -3.19. The minimum atomic E-state index is -0.707. The number of ether oxygens (including phenoxy) is 2. The van der Waals surface area contributed by atoms with Crippen molar-refractivity contribution >= 4 is 17.4 Å². The van der Waals surface area contributed by atoms with Gasteiger partial charge in [0.05, 0.1) is 18.2 Å². The molecule has 7 heteroatoms. The summed E-state index contributed by atoms with van der Waals surface area (Å²) in [6, 6.07) is 8.11. The van der Waals surface area contributed by atoms with Crippen LogP contribution in [0, 0.1) is 6.92 Å². The van der Waals surface area contributed by atoms with Gasteiger partial charge in [-0.25, -0.2) is 0 Å². The molecule has 3 rings (SSSR count). The van der Waals surface area contributed by atoms with E-state index in [2.05, 4.69) is 11.9 Å². The molecule has 1 aromatic carbocycles. The first kappa shape index (κ1) is 23.5. The summed E-state index contributed by atoms with van der Waals surface area (Å²) in [4.78, 5) is 31.5. The highest BCUT2D eigenvalue weighted by atomic mass is 16.5. The van der Waals surface area contributed by atoms with Crippen molar-refractivity contribution in [3.63, 3.8) is 0 Å². The first-order chi connectivity index (χ1) is 15.5. The van der Waals surface area contributed by atoms with Gasteiger partial charge in [0.1, 0.15) is 11.5 Å². The molecule has 1 aromatic heterocycles. The minimum absolute atomic E-state index is 0.0690. The molecule has 2 aromatic rings. The zero-order chi connectivity index (χ0) is 23.1. The molecule has 2 heterocycles. The molecule has 1 aliphatic rings. The van der Waals surface area contributed by atoms with Crippen LogP contribution in [0.25, 0.3) is 5.76 Å². The van der Waals surface area contributed by atoms with E-state index in [9.17, 15) is 14.7 Å². The molecule has 1 saturated heterocycles. The third kappa shape index (κ3) is 4.99. The Balaban J connectivity index is 2.01. The van der Waals surface area contributed by atoms with E-state index < -0.39 is 17.7 Å². The summed E-state index contributed by atoms with van der Waals surface area (Å²) in [5.41, 5.74) is 2.05.